The maximum Gasteiger partial charge on any atom is 0.340 e. The zero-order valence-electron chi connectivity index (χ0n) is 19.2. The number of carbonyl (C=O) groups is 3. The van der Waals surface area contributed by atoms with E-state index in [2.05, 4.69) is 10.3 Å². The van der Waals surface area contributed by atoms with Gasteiger partial charge in [0.05, 0.1) is 18.1 Å². The fourth-order valence-corrected chi connectivity index (χ4v) is 4.39. The Morgan fingerprint density at radius 3 is 2.79 bits per heavy atom. The molecular formula is C24H29N3O6. The van der Waals surface area contributed by atoms with E-state index in [1.54, 1.807) is 25.7 Å². The van der Waals surface area contributed by atoms with Crippen LogP contribution < -0.4 is 14.8 Å². The van der Waals surface area contributed by atoms with E-state index in [0.717, 1.165) is 12.0 Å². The summed E-state index contributed by atoms with van der Waals surface area (Å²) in [5, 5.41) is 2.97. The Kier molecular flexibility index (Phi) is 6.57. The second kappa shape index (κ2) is 9.56. The van der Waals surface area contributed by atoms with E-state index in [1.165, 1.54) is 0 Å². The summed E-state index contributed by atoms with van der Waals surface area (Å²) in [6.45, 7) is 6.97. The Bertz CT molecular complexity index is 1080. The number of esters is 1. The quantitative estimate of drug-likeness (QED) is 0.648. The van der Waals surface area contributed by atoms with Crippen molar-refractivity contribution in [3.8, 4) is 11.5 Å². The number of aryl methyl sites for hydroxylation is 1. The van der Waals surface area contributed by atoms with Gasteiger partial charge in [0, 0.05) is 25.3 Å². The average molecular weight is 456 g/mol. The number of nitrogens with one attached hydrogen (secondary N) is 2. The summed E-state index contributed by atoms with van der Waals surface area (Å²) in [6, 6.07) is 5.58. The van der Waals surface area contributed by atoms with Crippen LogP contribution in [0.15, 0.2) is 18.2 Å². The Hall–Kier alpha value is -3.49. The fourth-order valence-electron chi connectivity index (χ4n) is 4.39. The van der Waals surface area contributed by atoms with Crippen LogP contribution in [-0.4, -0.2) is 54.2 Å². The predicted molar refractivity (Wildman–Crippen MR) is 119 cm³/mol. The van der Waals surface area contributed by atoms with Crippen molar-refractivity contribution in [2.75, 3.05) is 26.5 Å². The number of carbonyl (C=O) groups excluding carboxylic acids is 3. The molecule has 4 rings (SSSR count). The average Bonchev–Trinajstić information content (AvgIpc) is 3.40. The van der Waals surface area contributed by atoms with Crippen molar-refractivity contribution in [3.05, 3.63) is 46.3 Å². The fraction of sp³-hybridized carbons (Fsp3) is 0.458. The van der Waals surface area contributed by atoms with Crippen LogP contribution in [0.2, 0.25) is 0 Å². The summed E-state index contributed by atoms with van der Waals surface area (Å²) in [6.07, 6.45) is 1.45. The molecule has 3 heterocycles. The van der Waals surface area contributed by atoms with Crippen molar-refractivity contribution < 1.29 is 28.6 Å². The number of fused-ring (bicyclic) bond motifs is 1. The first-order valence-electron chi connectivity index (χ1n) is 11.2. The number of amides is 2. The third-order valence-electron chi connectivity index (χ3n) is 6.11. The molecule has 2 N–H and O–H groups in total. The van der Waals surface area contributed by atoms with E-state index in [1.807, 2.05) is 18.2 Å². The number of hydrogen-bond donors (Lipinski definition) is 2. The topological polar surface area (TPSA) is 110 Å². The van der Waals surface area contributed by atoms with Crippen LogP contribution in [-0.2, 0) is 16.1 Å². The first kappa shape index (κ1) is 22.7. The van der Waals surface area contributed by atoms with Crippen molar-refractivity contribution in [1.82, 2.24) is 15.2 Å². The minimum atomic E-state index is -0.442. The number of piperidine rings is 1. The van der Waals surface area contributed by atoms with Gasteiger partial charge in [0.15, 0.2) is 11.5 Å². The van der Waals surface area contributed by atoms with Gasteiger partial charge in [-0.2, -0.15) is 0 Å². The summed E-state index contributed by atoms with van der Waals surface area (Å²) in [5.74, 6) is 0.346. The summed E-state index contributed by atoms with van der Waals surface area (Å²) in [7, 11) is 0. The van der Waals surface area contributed by atoms with Gasteiger partial charge in [-0.05, 0) is 56.9 Å². The number of aromatic nitrogens is 1. The molecule has 2 amide bonds. The lowest BCUT2D eigenvalue weighted by atomic mass is 9.96. The number of rotatable bonds is 6. The molecular weight excluding hydrogens is 426 g/mol. The molecule has 0 spiro atoms. The molecule has 0 saturated carbocycles. The SMILES string of the molecule is CCOC(=O)c1c(C)[nH]c(C(=O)N2CCC[C@@H](C(=O)NCc3ccc4c(c3)OCO4)C2)c1C. The molecule has 176 valence electrons. The number of benzene rings is 1. The van der Waals surface area contributed by atoms with Gasteiger partial charge in [-0.3, -0.25) is 9.59 Å². The largest absolute Gasteiger partial charge is 0.462 e. The molecule has 9 heteroatoms. The van der Waals surface area contributed by atoms with Gasteiger partial charge < -0.3 is 29.4 Å². The summed E-state index contributed by atoms with van der Waals surface area (Å²) >= 11 is 0. The van der Waals surface area contributed by atoms with E-state index >= 15 is 0 Å². The van der Waals surface area contributed by atoms with Crippen molar-refractivity contribution in [2.45, 2.75) is 40.2 Å². The van der Waals surface area contributed by atoms with Crippen LogP contribution in [0, 0.1) is 19.8 Å². The molecule has 9 nitrogen and oxygen atoms in total. The Balaban J connectivity index is 1.39. The number of H-pyrrole nitrogens is 1. The van der Waals surface area contributed by atoms with Crippen LogP contribution in [0.3, 0.4) is 0 Å². The van der Waals surface area contributed by atoms with E-state index in [9.17, 15) is 14.4 Å². The molecule has 2 aliphatic rings. The molecule has 1 aromatic carbocycles. The monoisotopic (exact) mass is 455 g/mol. The highest BCUT2D eigenvalue weighted by atomic mass is 16.7. The second-order valence-corrected chi connectivity index (χ2v) is 8.34. The highest BCUT2D eigenvalue weighted by Crippen LogP contribution is 2.32. The lowest BCUT2D eigenvalue weighted by molar-refractivity contribution is -0.126. The molecule has 0 unspecified atom stereocenters. The van der Waals surface area contributed by atoms with Crippen molar-refractivity contribution in [2.24, 2.45) is 5.92 Å². The smallest absolute Gasteiger partial charge is 0.340 e. The third kappa shape index (κ3) is 4.67. The van der Waals surface area contributed by atoms with Crippen molar-refractivity contribution >= 4 is 17.8 Å². The highest BCUT2D eigenvalue weighted by Gasteiger charge is 2.31. The number of ether oxygens (including phenoxy) is 3. The number of nitrogens with zero attached hydrogens (tertiary/aromatic N) is 1. The predicted octanol–water partition coefficient (Wildman–Crippen LogP) is 2.71. The summed E-state index contributed by atoms with van der Waals surface area (Å²) in [4.78, 5) is 43.0. The van der Waals surface area contributed by atoms with Gasteiger partial charge in [0.1, 0.15) is 5.69 Å². The number of hydrogen-bond acceptors (Lipinski definition) is 6. The van der Waals surface area contributed by atoms with Gasteiger partial charge in [0.2, 0.25) is 12.7 Å². The van der Waals surface area contributed by atoms with E-state index < -0.39 is 5.97 Å². The van der Waals surface area contributed by atoms with Crippen LogP contribution >= 0.6 is 0 Å². The molecule has 1 atom stereocenters. The third-order valence-corrected chi connectivity index (χ3v) is 6.11. The first-order chi connectivity index (χ1) is 15.9. The standard InChI is InChI=1S/C24H29N3O6/c1-4-31-24(30)20-14(2)21(26-15(20)3)23(29)27-9-5-6-17(12-27)22(28)25-11-16-7-8-18-19(10-16)33-13-32-18/h7-8,10,17,26H,4-6,9,11-13H2,1-3H3,(H,25,28)/t17-/m1/s1. The van der Waals surface area contributed by atoms with Gasteiger partial charge in [0.25, 0.3) is 5.91 Å². The molecule has 0 aliphatic carbocycles. The number of likely N-dealkylation sites (tertiary alicyclic amines) is 1. The lowest BCUT2D eigenvalue weighted by Gasteiger charge is -2.32. The lowest BCUT2D eigenvalue weighted by Crippen LogP contribution is -2.45. The molecule has 1 fully saturated rings. The van der Waals surface area contributed by atoms with E-state index in [0.29, 0.717) is 60.1 Å². The number of aromatic amines is 1. The second-order valence-electron chi connectivity index (χ2n) is 8.34. The van der Waals surface area contributed by atoms with E-state index in [-0.39, 0.29) is 31.1 Å². The first-order valence-corrected chi connectivity index (χ1v) is 11.2. The Labute approximate surface area is 192 Å². The molecule has 1 aromatic heterocycles. The Morgan fingerprint density at radius 2 is 2.00 bits per heavy atom. The molecule has 1 saturated heterocycles. The van der Waals surface area contributed by atoms with Crippen molar-refractivity contribution in [1.29, 1.82) is 0 Å². The van der Waals surface area contributed by atoms with E-state index in [4.69, 9.17) is 14.2 Å². The van der Waals surface area contributed by atoms with Crippen LogP contribution in [0.25, 0.3) is 0 Å². The van der Waals surface area contributed by atoms with Crippen LogP contribution in [0.4, 0.5) is 0 Å². The zero-order valence-corrected chi connectivity index (χ0v) is 19.2. The molecule has 2 aliphatic heterocycles. The molecule has 33 heavy (non-hydrogen) atoms. The van der Waals surface area contributed by atoms with Crippen LogP contribution in [0.1, 0.15) is 57.4 Å². The van der Waals surface area contributed by atoms with Crippen LogP contribution in [0.5, 0.6) is 11.5 Å². The van der Waals surface area contributed by atoms with Gasteiger partial charge in [-0.15, -0.1) is 0 Å². The maximum atomic E-state index is 13.2. The molecule has 0 bridgehead atoms. The Morgan fingerprint density at radius 1 is 1.21 bits per heavy atom. The highest BCUT2D eigenvalue weighted by molar-refractivity contribution is 6.00. The summed E-state index contributed by atoms with van der Waals surface area (Å²) < 4.78 is 15.8. The van der Waals surface area contributed by atoms with Gasteiger partial charge >= 0.3 is 5.97 Å². The zero-order chi connectivity index (χ0) is 23.5. The summed E-state index contributed by atoms with van der Waals surface area (Å²) in [5.41, 5.74) is 2.86. The minimum Gasteiger partial charge on any atom is -0.462 e. The molecule has 0 radical (unpaired) electrons. The maximum absolute atomic E-state index is 13.2. The van der Waals surface area contributed by atoms with Gasteiger partial charge in [-0.1, -0.05) is 6.07 Å². The van der Waals surface area contributed by atoms with Gasteiger partial charge in [-0.25, -0.2) is 4.79 Å². The van der Waals surface area contributed by atoms with Crippen molar-refractivity contribution in [3.63, 3.8) is 0 Å². The minimum absolute atomic E-state index is 0.0863. The molecule has 2 aromatic rings. The normalized spacial score (nSPS) is 17.1.